The number of pyridine rings is 1. The fraction of sp³-hybridized carbons (Fsp3) is 0.545. The van der Waals surface area contributed by atoms with Crippen LogP contribution in [0.3, 0.4) is 0 Å². The van der Waals surface area contributed by atoms with E-state index in [0.29, 0.717) is 15.6 Å². The molecule has 0 unspecified atom stereocenters. The van der Waals surface area contributed by atoms with Crippen molar-refractivity contribution in [3.8, 4) is 5.88 Å². The van der Waals surface area contributed by atoms with Gasteiger partial charge in [0.05, 0.1) is 11.7 Å². The van der Waals surface area contributed by atoms with E-state index in [2.05, 4.69) is 18.8 Å². The van der Waals surface area contributed by atoms with Crippen LogP contribution >= 0.6 is 35.1 Å². The molecule has 0 aliphatic heterocycles. The number of thioether (sulfide) groups is 2. The Labute approximate surface area is 111 Å². The van der Waals surface area contributed by atoms with Crippen molar-refractivity contribution in [3.63, 3.8) is 0 Å². The average Bonchev–Trinajstić information content (AvgIpc) is 2.28. The Morgan fingerprint density at radius 3 is 2.44 bits per heavy atom. The van der Waals surface area contributed by atoms with E-state index in [4.69, 9.17) is 16.3 Å². The van der Waals surface area contributed by atoms with Gasteiger partial charge in [-0.1, -0.05) is 25.4 Å². The largest absolute Gasteiger partial charge is 0.481 e. The van der Waals surface area contributed by atoms with Gasteiger partial charge < -0.3 is 4.74 Å². The zero-order valence-electron chi connectivity index (χ0n) is 9.70. The van der Waals surface area contributed by atoms with Crippen LogP contribution in [-0.4, -0.2) is 23.6 Å². The number of halogens is 1. The molecule has 0 aliphatic rings. The Kier molecular flexibility index (Phi) is 6.39. The molecular formula is C11H16ClNOS2. The number of rotatable bonds is 6. The topological polar surface area (TPSA) is 22.1 Å². The summed E-state index contributed by atoms with van der Waals surface area (Å²) in [6.07, 6.45) is 0. The molecule has 90 valence electrons. The number of aromatic nitrogens is 1. The van der Waals surface area contributed by atoms with Crippen LogP contribution in [0.15, 0.2) is 12.1 Å². The van der Waals surface area contributed by atoms with Crippen molar-refractivity contribution in [1.82, 2.24) is 4.98 Å². The molecule has 5 heteroatoms. The van der Waals surface area contributed by atoms with E-state index >= 15 is 0 Å². The highest BCUT2D eigenvalue weighted by Crippen LogP contribution is 2.40. The van der Waals surface area contributed by atoms with Crippen molar-refractivity contribution in [2.75, 3.05) is 18.6 Å². The summed E-state index contributed by atoms with van der Waals surface area (Å²) >= 11 is 9.77. The summed E-state index contributed by atoms with van der Waals surface area (Å²) < 4.78 is 5.53. The Hall–Kier alpha value is -0.0600. The van der Waals surface area contributed by atoms with E-state index in [0.717, 1.165) is 11.5 Å². The van der Waals surface area contributed by atoms with Crippen LogP contribution in [0.4, 0.5) is 0 Å². The lowest BCUT2D eigenvalue weighted by molar-refractivity contribution is 0.397. The van der Waals surface area contributed by atoms with Crippen molar-refractivity contribution in [3.05, 3.63) is 22.8 Å². The number of hydrogen-bond donors (Lipinski definition) is 0. The first-order valence-electron chi connectivity index (χ1n) is 5.15. The maximum Gasteiger partial charge on any atom is 0.214 e. The Morgan fingerprint density at radius 2 is 1.94 bits per heavy atom. The summed E-state index contributed by atoms with van der Waals surface area (Å²) in [5, 5.41) is 0.493. The first-order chi connectivity index (χ1) is 7.71. The van der Waals surface area contributed by atoms with E-state index in [9.17, 15) is 0 Å². The van der Waals surface area contributed by atoms with Gasteiger partial charge in [-0.3, -0.25) is 0 Å². The fourth-order valence-corrected chi connectivity index (χ4v) is 3.95. The van der Waals surface area contributed by atoms with Gasteiger partial charge >= 0.3 is 0 Å². The molecule has 1 heterocycles. The maximum absolute atomic E-state index is 5.96. The highest BCUT2D eigenvalue weighted by molar-refractivity contribution is 8.16. The first kappa shape index (κ1) is 14.0. The van der Waals surface area contributed by atoms with Gasteiger partial charge in [0.25, 0.3) is 0 Å². The minimum Gasteiger partial charge on any atom is -0.481 e. The van der Waals surface area contributed by atoms with Gasteiger partial charge in [-0.25, -0.2) is 4.98 Å². The second kappa shape index (κ2) is 7.30. The Balaban J connectivity index is 2.93. The number of hydrogen-bond acceptors (Lipinski definition) is 4. The number of ether oxygens (including phenoxy) is 1. The van der Waals surface area contributed by atoms with Crippen molar-refractivity contribution in [2.24, 2.45) is 0 Å². The van der Waals surface area contributed by atoms with E-state index in [1.165, 1.54) is 5.56 Å². The molecule has 0 aliphatic carbocycles. The van der Waals surface area contributed by atoms with Crippen LogP contribution in [0.1, 0.15) is 24.0 Å². The molecule has 0 aromatic carbocycles. The molecule has 0 atom stereocenters. The minimum atomic E-state index is 0.407. The molecular weight excluding hydrogens is 262 g/mol. The maximum atomic E-state index is 5.96. The molecule has 0 saturated carbocycles. The third kappa shape index (κ3) is 4.07. The van der Waals surface area contributed by atoms with Crippen LogP contribution in [0.2, 0.25) is 5.15 Å². The van der Waals surface area contributed by atoms with E-state index in [1.807, 2.05) is 35.7 Å². The monoisotopic (exact) mass is 277 g/mol. The molecule has 2 nitrogen and oxygen atoms in total. The van der Waals surface area contributed by atoms with Gasteiger partial charge in [0.15, 0.2) is 0 Å². The third-order valence-corrected chi connectivity index (χ3v) is 4.74. The molecule has 0 radical (unpaired) electrons. The summed E-state index contributed by atoms with van der Waals surface area (Å²) in [6.45, 7) is 4.32. The highest BCUT2D eigenvalue weighted by Gasteiger charge is 2.13. The van der Waals surface area contributed by atoms with Gasteiger partial charge in [-0.15, -0.1) is 23.5 Å². The molecule has 16 heavy (non-hydrogen) atoms. The van der Waals surface area contributed by atoms with Gasteiger partial charge in [-0.2, -0.15) is 0 Å². The van der Waals surface area contributed by atoms with E-state index in [1.54, 1.807) is 7.11 Å². The SMILES string of the molecule is CCSC(SCC)c1cc(Cl)nc(OC)c1. The van der Waals surface area contributed by atoms with Crippen LogP contribution in [0.25, 0.3) is 0 Å². The lowest BCUT2D eigenvalue weighted by Gasteiger charge is -2.15. The standard InChI is InChI=1S/C11H16ClNOS2/c1-4-15-11(16-5-2)8-6-9(12)13-10(7-8)14-3/h6-7,11H,4-5H2,1-3H3. The molecule has 0 amide bonds. The van der Waals surface area contributed by atoms with Crippen molar-refractivity contribution in [1.29, 1.82) is 0 Å². The van der Waals surface area contributed by atoms with Crippen molar-refractivity contribution in [2.45, 2.75) is 18.4 Å². The molecule has 0 fully saturated rings. The lowest BCUT2D eigenvalue weighted by atomic mass is 10.3. The molecule has 0 saturated heterocycles. The molecule has 0 spiro atoms. The quantitative estimate of drug-likeness (QED) is 0.573. The van der Waals surface area contributed by atoms with Crippen LogP contribution in [0, 0.1) is 0 Å². The second-order valence-electron chi connectivity index (χ2n) is 3.01. The van der Waals surface area contributed by atoms with Crippen LogP contribution < -0.4 is 4.74 Å². The zero-order valence-corrected chi connectivity index (χ0v) is 12.1. The fourth-order valence-electron chi connectivity index (χ4n) is 1.28. The van der Waals surface area contributed by atoms with Gasteiger partial charge in [0.2, 0.25) is 5.88 Å². The lowest BCUT2D eigenvalue weighted by Crippen LogP contribution is -1.95. The summed E-state index contributed by atoms with van der Waals surface area (Å²) in [5.74, 6) is 2.75. The number of methoxy groups -OCH3 is 1. The average molecular weight is 278 g/mol. The summed E-state index contributed by atoms with van der Waals surface area (Å²) in [6, 6.07) is 3.88. The third-order valence-electron chi connectivity index (χ3n) is 1.91. The normalized spacial score (nSPS) is 10.8. The molecule has 0 N–H and O–H groups in total. The molecule has 1 aromatic rings. The number of nitrogens with zero attached hydrogens (tertiary/aromatic N) is 1. The Bertz CT molecular complexity index is 330. The molecule has 1 rings (SSSR count). The molecule has 0 bridgehead atoms. The minimum absolute atomic E-state index is 0.407. The summed E-state index contributed by atoms with van der Waals surface area (Å²) in [4.78, 5) is 4.08. The zero-order chi connectivity index (χ0) is 12.0. The smallest absolute Gasteiger partial charge is 0.214 e. The van der Waals surface area contributed by atoms with Crippen molar-refractivity contribution < 1.29 is 4.74 Å². The molecule has 1 aromatic heterocycles. The van der Waals surface area contributed by atoms with Crippen LogP contribution in [-0.2, 0) is 0 Å². The van der Waals surface area contributed by atoms with Gasteiger partial charge in [0, 0.05) is 6.07 Å². The first-order valence-corrected chi connectivity index (χ1v) is 7.63. The highest BCUT2D eigenvalue weighted by atomic mass is 35.5. The second-order valence-corrected chi connectivity index (χ2v) is 6.46. The van der Waals surface area contributed by atoms with E-state index in [-0.39, 0.29) is 0 Å². The predicted molar refractivity (Wildman–Crippen MR) is 74.8 cm³/mol. The van der Waals surface area contributed by atoms with E-state index < -0.39 is 0 Å². The summed E-state index contributed by atoms with van der Waals surface area (Å²) in [5.41, 5.74) is 1.18. The van der Waals surface area contributed by atoms with Gasteiger partial charge in [0.1, 0.15) is 5.15 Å². The van der Waals surface area contributed by atoms with Crippen molar-refractivity contribution >= 4 is 35.1 Å². The van der Waals surface area contributed by atoms with Gasteiger partial charge in [-0.05, 0) is 23.1 Å². The van der Waals surface area contributed by atoms with Crippen LogP contribution in [0.5, 0.6) is 5.88 Å². The summed E-state index contributed by atoms with van der Waals surface area (Å²) in [7, 11) is 1.61. The Morgan fingerprint density at radius 1 is 1.31 bits per heavy atom. The predicted octanol–water partition coefficient (Wildman–Crippen LogP) is 4.25.